The van der Waals surface area contributed by atoms with Gasteiger partial charge in [0.05, 0.1) is 0 Å². The molecule has 132 valence electrons. The van der Waals surface area contributed by atoms with Gasteiger partial charge in [-0.05, 0) is 40.5 Å². The number of fused-ring (bicyclic) bond motifs is 3. The van der Waals surface area contributed by atoms with E-state index in [2.05, 4.69) is 81.5 Å². The summed E-state index contributed by atoms with van der Waals surface area (Å²) in [5, 5.41) is 3.25. The van der Waals surface area contributed by atoms with Gasteiger partial charge in [-0.15, -0.1) is 0 Å². The lowest BCUT2D eigenvalue weighted by molar-refractivity contribution is -0.125. The highest BCUT2D eigenvalue weighted by Crippen LogP contribution is 2.51. The highest BCUT2D eigenvalue weighted by atomic mass is 16.2. The zero-order valence-electron chi connectivity index (χ0n) is 15.9. The zero-order chi connectivity index (χ0) is 18.1. The summed E-state index contributed by atoms with van der Waals surface area (Å²) in [7, 11) is 0. The van der Waals surface area contributed by atoms with Gasteiger partial charge < -0.3 is 5.32 Å². The van der Waals surface area contributed by atoms with Crippen LogP contribution in [0.1, 0.15) is 58.1 Å². The Morgan fingerprint density at radius 2 is 1.48 bits per heavy atom. The number of carbonyl (C=O) groups excluding carboxylic acids is 1. The fourth-order valence-corrected chi connectivity index (χ4v) is 4.03. The molecule has 2 heteroatoms. The molecule has 0 bridgehead atoms. The van der Waals surface area contributed by atoms with E-state index in [1.54, 1.807) is 0 Å². The summed E-state index contributed by atoms with van der Waals surface area (Å²) < 4.78 is 0. The Balaban J connectivity index is 2.03. The molecule has 1 aliphatic rings. The van der Waals surface area contributed by atoms with Crippen molar-refractivity contribution in [2.75, 3.05) is 6.54 Å². The second-order valence-electron chi connectivity index (χ2n) is 8.31. The van der Waals surface area contributed by atoms with E-state index in [1.807, 2.05) is 0 Å². The van der Waals surface area contributed by atoms with Crippen LogP contribution in [0.15, 0.2) is 48.5 Å². The SMILES string of the molecule is CCCC1(C(=O)NCCC(C)(C)C)c2ccccc2-c2ccccc21. The molecule has 1 aliphatic carbocycles. The molecule has 2 aromatic rings. The minimum absolute atomic E-state index is 0.149. The number of benzene rings is 2. The average molecular weight is 335 g/mol. The molecule has 0 aliphatic heterocycles. The first kappa shape index (κ1) is 17.7. The van der Waals surface area contributed by atoms with Crippen LogP contribution in [0.3, 0.4) is 0 Å². The van der Waals surface area contributed by atoms with Crippen molar-refractivity contribution in [3.05, 3.63) is 59.7 Å². The second-order valence-corrected chi connectivity index (χ2v) is 8.31. The summed E-state index contributed by atoms with van der Waals surface area (Å²) in [5.41, 5.74) is 4.39. The lowest BCUT2D eigenvalue weighted by Gasteiger charge is -2.31. The molecule has 25 heavy (non-hydrogen) atoms. The molecule has 0 saturated heterocycles. The third-order valence-electron chi connectivity index (χ3n) is 5.24. The van der Waals surface area contributed by atoms with Crippen LogP contribution < -0.4 is 5.32 Å². The van der Waals surface area contributed by atoms with Crippen LogP contribution in [-0.2, 0) is 10.2 Å². The fraction of sp³-hybridized carbons (Fsp3) is 0.435. The summed E-state index contributed by atoms with van der Waals surface area (Å²) in [6.07, 6.45) is 2.78. The number of nitrogens with one attached hydrogen (secondary N) is 1. The lowest BCUT2D eigenvalue weighted by atomic mass is 9.73. The van der Waals surface area contributed by atoms with Crippen molar-refractivity contribution in [2.45, 2.75) is 52.4 Å². The molecule has 3 rings (SSSR count). The predicted molar refractivity (Wildman–Crippen MR) is 105 cm³/mol. The summed E-state index contributed by atoms with van der Waals surface area (Å²) >= 11 is 0. The van der Waals surface area contributed by atoms with Gasteiger partial charge in [0, 0.05) is 6.54 Å². The molecule has 0 fully saturated rings. The Morgan fingerprint density at radius 1 is 0.960 bits per heavy atom. The smallest absolute Gasteiger partial charge is 0.235 e. The number of amides is 1. The second kappa shape index (κ2) is 6.67. The van der Waals surface area contributed by atoms with Crippen LogP contribution in [0.2, 0.25) is 0 Å². The molecule has 2 nitrogen and oxygen atoms in total. The van der Waals surface area contributed by atoms with Gasteiger partial charge in [0.2, 0.25) is 5.91 Å². The maximum Gasteiger partial charge on any atom is 0.235 e. The summed E-state index contributed by atoms with van der Waals surface area (Å²) in [6.45, 7) is 9.51. The van der Waals surface area contributed by atoms with Gasteiger partial charge in [0.15, 0.2) is 0 Å². The molecular formula is C23H29NO. The molecule has 1 amide bonds. The topological polar surface area (TPSA) is 29.1 Å². The minimum atomic E-state index is -0.556. The van der Waals surface area contributed by atoms with E-state index in [-0.39, 0.29) is 11.3 Å². The average Bonchev–Trinajstić information content (AvgIpc) is 2.86. The van der Waals surface area contributed by atoms with Crippen LogP contribution in [0.4, 0.5) is 0 Å². The van der Waals surface area contributed by atoms with Crippen molar-refractivity contribution in [1.29, 1.82) is 0 Å². The molecular weight excluding hydrogens is 306 g/mol. The Bertz CT molecular complexity index is 724. The number of hydrogen-bond acceptors (Lipinski definition) is 1. The molecule has 0 atom stereocenters. The molecule has 0 radical (unpaired) electrons. The highest BCUT2D eigenvalue weighted by Gasteiger charge is 2.47. The maximum atomic E-state index is 13.5. The van der Waals surface area contributed by atoms with E-state index >= 15 is 0 Å². The summed E-state index contributed by atoms with van der Waals surface area (Å²) in [6, 6.07) is 16.8. The minimum Gasteiger partial charge on any atom is -0.355 e. The first-order chi connectivity index (χ1) is 11.9. The number of rotatable bonds is 5. The zero-order valence-corrected chi connectivity index (χ0v) is 15.9. The van der Waals surface area contributed by atoms with Crippen LogP contribution in [0.5, 0.6) is 0 Å². The molecule has 0 saturated carbocycles. The van der Waals surface area contributed by atoms with E-state index in [9.17, 15) is 4.79 Å². The van der Waals surface area contributed by atoms with Crippen molar-refractivity contribution in [3.8, 4) is 11.1 Å². The maximum absolute atomic E-state index is 13.5. The monoisotopic (exact) mass is 335 g/mol. The van der Waals surface area contributed by atoms with E-state index < -0.39 is 5.41 Å². The number of carbonyl (C=O) groups is 1. The first-order valence-corrected chi connectivity index (χ1v) is 9.38. The van der Waals surface area contributed by atoms with Crippen molar-refractivity contribution in [3.63, 3.8) is 0 Å². The number of hydrogen-bond donors (Lipinski definition) is 1. The molecule has 1 N–H and O–H groups in total. The largest absolute Gasteiger partial charge is 0.355 e. The van der Waals surface area contributed by atoms with Crippen LogP contribution in [0.25, 0.3) is 11.1 Å². The van der Waals surface area contributed by atoms with Gasteiger partial charge in [0.1, 0.15) is 5.41 Å². The highest BCUT2D eigenvalue weighted by molar-refractivity contribution is 6.00. The molecule has 2 aromatic carbocycles. The van der Waals surface area contributed by atoms with Crippen molar-refractivity contribution in [2.24, 2.45) is 5.41 Å². The first-order valence-electron chi connectivity index (χ1n) is 9.38. The van der Waals surface area contributed by atoms with E-state index in [1.165, 1.54) is 11.1 Å². The lowest BCUT2D eigenvalue weighted by Crippen LogP contribution is -2.45. The molecule has 0 heterocycles. The Hall–Kier alpha value is -2.09. The van der Waals surface area contributed by atoms with Crippen molar-refractivity contribution >= 4 is 5.91 Å². The molecule has 0 aromatic heterocycles. The fourth-order valence-electron chi connectivity index (χ4n) is 4.03. The summed E-state index contributed by atoms with van der Waals surface area (Å²) in [4.78, 5) is 13.5. The van der Waals surface area contributed by atoms with Crippen LogP contribution in [-0.4, -0.2) is 12.5 Å². The van der Waals surface area contributed by atoms with Gasteiger partial charge in [-0.3, -0.25) is 4.79 Å². The summed E-state index contributed by atoms with van der Waals surface area (Å²) in [5.74, 6) is 0.149. The molecule has 0 spiro atoms. The standard InChI is InChI=1S/C23H29NO/c1-5-14-23(21(25)24-16-15-22(2,3)4)19-12-8-6-10-17(19)18-11-7-9-13-20(18)23/h6-13H,5,14-16H2,1-4H3,(H,24,25). The quantitative estimate of drug-likeness (QED) is 0.788. The Kier molecular flexibility index (Phi) is 4.73. The van der Waals surface area contributed by atoms with Crippen molar-refractivity contribution in [1.82, 2.24) is 5.32 Å². The van der Waals surface area contributed by atoms with E-state index in [0.29, 0.717) is 0 Å². The normalized spacial score (nSPS) is 14.7. The third-order valence-corrected chi connectivity index (χ3v) is 5.24. The Morgan fingerprint density at radius 3 is 1.96 bits per heavy atom. The third kappa shape index (κ3) is 3.10. The Labute approximate surface area is 151 Å². The van der Waals surface area contributed by atoms with Crippen LogP contribution >= 0.6 is 0 Å². The predicted octanol–water partition coefficient (Wildman–Crippen LogP) is 5.31. The van der Waals surface area contributed by atoms with E-state index in [4.69, 9.17) is 0 Å². The van der Waals surface area contributed by atoms with Gasteiger partial charge in [-0.1, -0.05) is 82.6 Å². The van der Waals surface area contributed by atoms with Gasteiger partial charge >= 0.3 is 0 Å². The van der Waals surface area contributed by atoms with Crippen molar-refractivity contribution < 1.29 is 4.79 Å². The van der Waals surface area contributed by atoms with E-state index in [0.717, 1.165) is 36.9 Å². The molecule has 0 unspecified atom stereocenters. The van der Waals surface area contributed by atoms with Gasteiger partial charge in [-0.2, -0.15) is 0 Å². The van der Waals surface area contributed by atoms with Gasteiger partial charge in [0.25, 0.3) is 0 Å². The van der Waals surface area contributed by atoms with Crippen LogP contribution in [0, 0.1) is 5.41 Å². The van der Waals surface area contributed by atoms with Gasteiger partial charge in [-0.25, -0.2) is 0 Å².